The van der Waals surface area contributed by atoms with Crippen LogP contribution in [-0.2, 0) is 4.79 Å². The van der Waals surface area contributed by atoms with E-state index in [1.165, 1.54) is 0 Å². The van der Waals surface area contributed by atoms with E-state index in [2.05, 4.69) is 28.2 Å². The van der Waals surface area contributed by atoms with E-state index in [1.54, 1.807) is 4.90 Å². The second-order valence-corrected chi connectivity index (χ2v) is 5.70. The Morgan fingerprint density at radius 3 is 3.00 bits per heavy atom. The number of halogens is 2. The predicted molar refractivity (Wildman–Crippen MR) is 78.2 cm³/mol. The molecule has 0 saturated carbocycles. The summed E-state index contributed by atoms with van der Waals surface area (Å²) in [4.78, 5) is 14.0. The van der Waals surface area contributed by atoms with Crippen molar-refractivity contribution in [3.05, 3.63) is 27.7 Å². The Labute approximate surface area is 121 Å². The molecule has 1 aliphatic rings. The number of hydrogen-bond donors (Lipinski definition) is 1. The van der Waals surface area contributed by atoms with E-state index in [1.807, 2.05) is 18.2 Å². The summed E-state index contributed by atoms with van der Waals surface area (Å²) in [6, 6.07) is 5.54. The van der Waals surface area contributed by atoms with Gasteiger partial charge in [-0.3, -0.25) is 4.79 Å². The van der Waals surface area contributed by atoms with E-state index in [-0.39, 0.29) is 11.9 Å². The first-order valence-corrected chi connectivity index (χ1v) is 7.30. The fourth-order valence-corrected chi connectivity index (χ4v) is 2.90. The van der Waals surface area contributed by atoms with Crippen LogP contribution in [0.15, 0.2) is 22.7 Å². The van der Waals surface area contributed by atoms with E-state index in [0.29, 0.717) is 5.02 Å². The number of carbonyl (C=O) groups is 1. The van der Waals surface area contributed by atoms with Gasteiger partial charge in [-0.25, -0.2) is 0 Å². The monoisotopic (exact) mass is 330 g/mol. The van der Waals surface area contributed by atoms with Gasteiger partial charge in [0.05, 0.1) is 16.8 Å². The fraction of sp³-hybridized carbons (Fsp3) is 0.462. The zero-order valence-corrected chi connectivity index (χ0v) is 12.6. The topological polar surface area (TPSA) is 32.3 Å². The average Bonchev–Trinajstić information content (AvgIpc) is 2.68. The van der Waals surface area contributed by atoms with Gasteiger partial charge < -0.3 is 10.2 Å². The Balaban J connectivity index is 2.13. The SMILES string of the molecule is CCCNC1CCN(c2ccc(Br)cc2Cl)C1=O. The summed E-state index contributed by atoms with van der Waals surface area (Å²) in [5.41, 5.74) is 0.797. The van der Waals surface area contributed by atoms with Crippen LogP contribution in [0.3, 0.4) is 0 Å². The van der Waals surface area contributed by atoms with Gasteiger partial charge in [-0.15, -0.1) is 0 Å². The summed E-state index contributed by atoms with van der Waals surface area (Å²) in [7, 11) is 0. The molecule has 1 aliphatic heterocycles. The van der Waals surface area contributed by atoms with Gasteiger partial charge in [0, 0.05) is 11.0 Å². The third kappa shape index (κ3) is 2.87. The third-order valence-corrected chi connectivity index (χ3v) is 3.84. The minimum atomic E-state index is -0.0651. The normalized spacial score (nSPS) is 19.6. The van der Waals surface area contributed by atoms with E-state index < -0.39 is 0 Å². The Bertz CT molecular complexity index is 453. The van der Waals surface area contributed by atoms with Crippen molar-refractivity contribution in [2.24, 2.45) is 0 Å². The quantitative estimate of drug-likeness (QED) is 0.919. The van der Waals surface area contributed by atoms with Gasteiger partial charge >= 0.3 is 0 Å². The molecule has 0 bridgehead atoms. The molecule has 0 aromatic heterocycles. The molecule has 3 nitrogen and oxygen atoms in total. The lowest BCUT2D eigenvalue weighted by molar-refractivity contribution is -0.118. The van der Waals surface area contributed by atoms with Gasteiger partial charge in [-0.1, -0.05) is 34.5 Å². The number of nitrogens with one attached hydrogen (secondary N) is 1. The van der Waals surface area contributed by atoms with Crippen LogP contribution in [-0.4, -0.2) is 25.0 Å². The van der Waals surface area contributed by atoms with E-state index in [4.69, 9.17) is 11.6 Å². The summed E-state index contributed by atoms with van der Waals surface area (Å²) >= 11 is 9.55. The van der Waals surface area contributed by atoms with Crippen molar-refractivity contribution in [3.63, 3.8) is 0 Å². The van der Waals surface area contributed by atoms with Crippen LogP contribution in [0.5, 0.6) is 0 Å². The van der Waals surface area contributed by atoms with E-state index in [9.17, 15) is 4.79 Å². The van der Waals surface area contributed by atoms with Crippen LogP contribution in [0.25, 0.3) is 0 Å². The highest BCUT2D eigenvalue weighted by Crippen LogP contribution is 2.31. The van der Waals surface area contributed by atoms with Crippen LogP contribution in [0.1, 0.15) is 19.8 Å². The molecule has 18 heavy (non-hydrogen) atoms. The molecular weight excluding hydrogens is 316 g/mol. The second-order valence-electron chi connectivity index (χ2n) is 4.38. The predicted octanol–water partition coefficient (Wildman–Crippen LogP) is 3.21. The Morgan fingerprint density at radius 1 is 1.56 bits per heavy atom. The first-order valence-electron chi connectivity index (χ1n) is 6.13. The highest BCUT2D eigenvalue weighted by Gasteiger charge is 2.32. The molecule has 1 amide bonds. The Hall–Kier alpha value is -0.580. The molecule has 1 fully saturated rings. The van der Waals surface area contributed by atoms with Gasteiger partial charge in [0.1, 0.15) is 0 Å². The largest absolute Gasteiger partial charge is 0.310 e. The van der Waals surface area contributed by atoms with Crippen molar-refractivity contribution in [3.8, 4) is 0 Å². The highest BCUT2D eigenvalue weighted by atomic mass is 79.9. The molecule has 5 heteroatoms. The Kier molecular flexibility index (Phi) is 4.65. The standard InChI is InChI=1S/C13H16BrClN2O/c1-2-6-16-11-5-7-17(13(11)18)12-4-3-9(14)8-10(12)15/h3-4,8,11,16H,2,5-7H2,1H3. The van der Waals surface area contributed by atoms with Gasteiger partial charge in [-0.05, 0) is 37.6 Å². The molecule has 1 aromatic carbocycles. The number of anilines is 1. The zero-order chi connectivity index (χ0) is 13.1. The number of amides is 1. The number of nitrogens with zero attached hydrogens (tertiary/aromatic N) is 1. The van der Waals surface area contributed by atoms with Crippen molar-refractivity contribution < 1.29 is 4.79 Å². The van der Waals surface area contributed by atoms with Crippen molar-refractivity contribution in [2.75, 3.05) is 18.0 Å². The molecule has 1 unspecified atom stereocenters. The average molecular weight is 332 g/mol. The smallest absolute Gasteiger partial charge is 0.244 e. The van der Waals surface area contributed by atoms with Crippen LogP contribution in [0.2, 0.25) is 5.02 Å². The Morgan fingerprint density at radius 2 is 2.33 bits per heavy atom. The molecule has 1 saturated heterocycles. The summed E-state index contributed by atoms with van der Waals surface area (Å²) < 4.78 is 0.920. The van der Waals surface area contributed by atoms with Crippen LogP contribution in [0.4, 0.5) is 5.69 Å². The maximum atomic E-state index is 12.2. The minimum absolute atomic E-state index is 0.0651. The lowest BCUT2D eigenvalue weighted by Gasteiger charge is -2.18. The van der Waals surface area contributed by atoms with Gasteiger partial charge in [-0.2, -0.15) is 0 Å². The number of benzene rings is 1. The van der Waals surface area contributed by atoms with E-state index in [0.717, 1.165) is 36.1 Å². The minimum Gasteiger partial charge on any atom is -0.310 e. The van der Waals surface area contributed by atoms with Gasteiger partial charge in [0.15, 0.2) is 0 Å². The molecule has 1 N–H and O–H groups in total. The summed E-state index contributed by atoms with van der Waals surface area (Å²) in [6.07, 6.45) is 1.87. The molecule has 2 rings (SSSR count). The lowest BCUT2D eigenvalue weighted by Crippen LogP contribution is -2.38. The van der Waals surface area contributed by atoms with Crippen molar-refractivity contribution in [2.45, 2.75) is 25.8 Å². The number of hydrogen-bond acceptors (Lipinski definition) is 2. The number of carbonyl (C=O) groups excluding carboxylic acids is 1. The maximum Gasteiger partial charge on any atom is 0.244 e. The fourth-order valence-electron chi connectivity index (χ4n) is 2.13. The molecule has 1 heterocycles. The molecule has 98 valence electrons. The van der Waals surface area contributed by atoms with E-state index >= 15 is 0 Å². The molecular formula is C13H16BrClN2O. The first kappa shape index (κ1) is 13.8. The van der Waals surface area contributed by atoms with Crippen molar-refractivity contribution in [1.29, 1.82) is 0 Å². The second kappa shape index (κ2) is 6.04. The molecule has 1 atom stereocenters. The molecule has 0 spiro atoms. The molecule has 0 radical (unpaired) electrons. The van der Waals surface area contributed by atoms with Gasteiger partial charge in [0.2, 0.25) is 5.91 Å². The van der Waals surface area contributed by atoms with Crippen LogP contribution < -0.4 is 10.2 Å². The summed E-state index contributed by atoms with van der Waals surface area (Å²) in [5.74, 6) is 0.118. The highest BCUT2D eigenvalue weighted by molar-refractivity contribution is 9.10. The van der Waals surface area contributed by atoms with Crippen LogP contribution >= 0.6 is 27.5 Å². The van der Waals surface area contributed by atoms with Gasteiger partial charge in [0.25, 0.3) is 0 Å². The van der Waals surface area contributed by atoms with Crippen molar-refractivity contribution in [1.82, 2.24) is 5.32 Å². The lowest BCUT2D eigenvalue weighted by atomic mass is 10.2. The third-order valence-electron chi connectivity index (χ3n) is 3.05. The zero-order valence-electron chi connectivity index (χ0n) is 10.2. The first-order chi connectivity index (χ1) is 8.63. The number of rotatable bonds is 4. The van der Waals surface area contributed by atoms with Crippen molar-refractivity contribution >= 4 is 39.1 Å². The van der Waals surface area contributed by atoms with Crippen LogP contribution in [0, 0.1) is 0 Å². The molecule has 0 aliphatic carbocycles. The summed E-state index contributed by atoms with van der Waals surface area (Å²) in [5, 5.41) is 3.87. The maximum absolute atomic E-state index is 12.2. The molecule has 1 aromatic rings. The summed E-state index contributed by atoms with van der Waals surface area (Å²) in [6.45, 7) is 3.69.